The Morgan fingerprint density at radius 3 is 2.86 bits per heavy atom. The summed E-state index contributed by atoms with van der Waals surface area (Å²) in [7, 11) is 0. The standard InChI is InChI=1S/C5H8ClN/c6-5-2-1-3-7-4-5/h3,5H,1-2,4H2. The van der Waals surface area contributed by atoms with E-state index in [2.05, 4.69) is 4.99 Å². The molecule has 0 aromatic rings. The van der Waals surface area contributed by atoms with Gasteiger partial charge in [-0.2, -0.15) is 0 Å². The summed E-state index contributed by atoms with van der Waals surface area (Å²) >= 11 is 5.70. The second-order valence-corrected chi connectivity index (χ2v) is 2.34. The van der Waals surface area contributed by atoms with Gasteiger partial charge in [0.15, 0.2) is 0 Å². The zero-order valence-electron chi connectivity index (χ0n) is 4.10. The van der Waals surface area contributed by atoms with Gasteiger partial charge in [0.1, 0.15) is 0 Å². The average molecular weight is 118 g/mol. The third-order valence-electron chi connectivity index (χ3n) is 1.04. The molecule has 1 unspecified atom stereocenters. The molecule has 2 heteroatoms. The quantitative estimate of drug-likeness (QED) is 0.426. The van der Waals surface area contributed by atoms with Crippen molar-refractivity contribution in [3.63, 3.8) is 0 Å². The van der Waals surface area contributed by atoms with Crippen molar-refractivity contribution in [3.05, 3.63) is 0 Å². The van der Waals surface area contributed by atoms with Gasteiger partial charge in [-0.25, -0.2) is 0 Å². The molecule has 1 heterocycles. The molecule has 7 heavy (non-hydrogen) atoms. The molecule has 0 radical (unpaired) electrons. The molecular formula is C5H8ClN. The fourth-order valence-corrected chi connectivity index (χ4v) is 0.833. The summed E-state index contributed by atoms with van der Waals surface area (Å²) in [4.78, 5) is 4.00. The first-order valence-electron chi connectivity index (χ1n) is 2.52. The monoisotopic (exact) mass is 117 g/mol. The predicted octanol–water partition coefficient (Wildman–Crippen LogP) is 1.46. The molecule has 1 aliphatic rings. The van der Waals surface area contributed by atoms with Crippen LogP contribution in [0, 0.1) is 0 Å². The Morgan fingerprint density at radius 1 is 1.71 bits per heavy atom. The molecule has 0 aromatic heterocycles. The van der Waals surface area contributed by atoms with Gasteiger partial charge in [0, 0.05) is 0 Å². The number of hydrogen-bond acceptors (Lipinski definition) is 1. The maximum absolute atomic E-state index is 5.70. The van der Waals surface area contributed by atoms with E-state index in [4.69, 9.17) is 11.6 Å². The van der Waals surface area contributed by atoms with Crippen LogP contribution in [0.4, 0.5) is 0 Å². The van der Waals surface area contributed by atoms with Crippen LogP contribution in [-0.4, -0.2) is 18.1 Å². The molecule has 40 valence electrons. The third-order valence-corrected chi connectivity index (χ3v) is 1.40. The van der Waals surface area contributed by atoms with Gasteiger partial charge in [-0.1, -0.05) is 0 Å². The first-order chi connectivity index (χ1) is 3.39. The smallest absolute Gasteiger partial charge is 0.0549 e. The van der Waals surface area contributed by atoms with Gasteiger partial charge < -0.3 is 0 Å². The molecule has 1 aliphatic heterocycles. The predicted molar refractivity (Wildman–Crippen MR) is 32.2 cm³/mol. The number of hydrogen-bond donors (Lipinski definition) is 0. The Bertz CT molecular complexity index is 80.1. The third kappa shape index (κ3) is 1.48. The lowest BCUT2D eigenvalue weighted by Gasteiger charge is -2.06. The van der Waals surface area contributed by atoms with E-state index in [1.54, 1.807) is 0 Å². The number of alkyl halides is 1. The summed E-state index contributed by atoms with van der Waals surface area (Å²) in [5.74, 6) is 0. The number of rotatable bonds is 0. The molecule has 1 nitrogen and oxygen atoms in total. The maximum atomic E-state index is 5.70. The van der Waals surface area contributed by atoms with E-state index in [0.29, 0.717) is 5.38 Å². The van der Waals surface area contributed by atoms with E-state index in [9.17, 15) is 0 Å². The molecule has 1 atom stereocenters. The Balaban J connectivity index is 2.32. The summed E-state index contributed by atoms with van der Waals surface area (Å²) < 4.78 is 0. The summed E-state index contributed by atoms with van der Waals surface area (Å²) in [6.07, 6.45) is 4.11. The molecule has 0 saturated carbocycles. The second-order valence-electron chi connectivity index (χ2n) is 1.72. The van der Waals surface area contributed by atoms with Crippen LogP contribution in [0.1, 0.15) is 12.8 Å². The van der Waals surface area contributed by atoms with Gasteiger partial charge in [-0.05, 0) is 19.1 Å². The SMILES string of the molecule is ClC1CCC=NC1. The summed E-state index contributed by atoms with van der Waals surface area (Å²) in [5, 5.41) is 0.310. The van der Waals surface area contributed by atoms with Crippen molar-refractivity contribution in [2.75, 3.05) is 6.54 Å². The highest BCUT2D eigenvalue weighted by Gasteiger charge is 2.03. The van der Waals surface area contributed by atoms with Crippen LogP contribution in [0.3, 0.4) is 0 Å². The Labute approximate surface area is 48.4 Å². The normalized spacial score (nSPS) is 30.7. The minimum atomic E-state index is 0.310. The Kier molecular flexibility index (Phi) is 1.69. The molecule has 0 amide bonds. The summed E-state index contributed by atoms with van der Waals surface area (Å²) in [5.41, 5.74) is 0. The largest absolute Gasteiger partial charge is 0.296 e. The lowest BCUT2D eigenvalue weighted by molar-refractivity contribution is 0.758. The fourth-order valence-electron chi connectivity index (χ4n) is 0.627. The second kappa shape index (κ2) is 2.31. The minimum Gasteiger partial charge on any atom is -0.296 e. The molecule has 1 rings (SSSR count). The van der Waals surface area contributed by atoms with Gasteiger partial charge in [0.2, 0.25) is 0 Å². The Hall–Kier alpha value is -0.0400. The summed E-state index contributed by atoms with van der Waals surface area (Å²) in [6, 6.07) is 0. The van der Waals surface area contributed by atoms with Gasteiger partial charge in [-0.3, -0.25) is 4.99 Å². The van der Waals surface area contributed by atoms with Gasteiger partial charge in [0.25, 0.3) is 0 Å². The fraction of sp³-hybridized carbons (Fsp3) is 0.800. The number of halogens is 1. The van der Waals surface area contributed by atoms with Crippen LogP contribution in [-0.2, 0) is 0 Å². The maximum Gasteiger partial charge on any atom is 0.0549 e. The van der Waals surface area contributed by atoms with Gasteiger partial charge in [-0.15, -0.1) is 11.6 Å². The molecule has 0 aliphatic carbocycles. The van der Waals surface area contributed by atoms with Crippen molar-refractivity contribution < 1.29 is 0 Å². The zero-order chi connectivity index (χ0) is 5.11. The van der Waals surface area contributed by atoms with Crippen LogP contribution in [0.2, 0.25) is 0 Å². The topological polar surface area (TPSA) is 12.4 Å². The highest BCUT2D eigenvalue weighted by Crippen LogP contribution is 2.07. The first-order valence-corrected chi connectivity index (χ1v) is 2.95. The van der Waals surface area contributed by atoms with Crippen molar-refractivity contribution >= 4 is 17.8 Å². The first kappa shape index (κ1) is 5.10. The van der Waals surface area contributed by atoms with Crippen LogP contribution in [0.25, 0.3) is 0 Å². The van der Waals surface area contributed by atoms with Gasteiger partial charge >= 0.3 is 0 Å². The molecule has 0 aromatic carbocycles. The van der Waals surface area contributed by atoms with Crippen LogP contribution in [0.5, 0.6) is 0 Å². The Morgan fingerprint density at radius 2 is 2.57 bits per heavy atom. The van der Waals surface area contributed by atoms with Crippen LogP contribution >= 0.6 is 11.6 Å². The van der Waals surface area contributed by atoms with E-state index in [1.807, 2.05) is 6.21 Å². The van der Waals surface area contributed by atoms with E-state index in [0.717, 1.165) is 19.4 Å². The number of aliphatic imine (C=N–C) groups is 1. The molecule has 0 bridgehead atoms. The molecule has 0 spiro atoms. The van der Waals surface area contributed by atoms with Crippen molar-refractivity contribution in [1.82, 2.24) is 0 Å². The van der Waals surface area contributed by atoms with Crippen molar-refractivity contribution in [2.45, 2.75) is 18.2 Å². The zero-order valence-corrected chi connectivity index (χ0v) is 4.86. The highest BCUT2D eigenvalue weighted by atomic mass is 35.5. The van der Waals surface area contributed by atoms with E-state index in [1.165, 1.54) is 0 Å². The van der Waals surface area contributed by atoms with E-state index >= 15 is 0 Å². The van der Waals surface area contributed by atoms with Gasteiger partial charge in [0.05, 0.1) is 11.9 Å². The minimum absolute atomic E-state index is 0.310. The van der Waals surface area contributed by atoms with Crippen LogP contribution < -0.4 is 0 Å². The lowest BCUT2D eigenvalue weighted by atomic mass is 10.2. The van der Waals surface area contributed by atoms with E-state index in [-0.39, 0.29) is 0 Å². The summed E-state index contributed by atoms with van der Waals surface area (Å²) in [6.45, 7) is 0.821. The average Bonchev–Trinajstić information content (AvgIpc) is 1.69. The molecule has 0 saturated heterocycles. The lowest BCUT2D eigenvalue weighted by Crippen LogP contribution is -2.07. The van der Waals surface area contributed by atoms with Crippen molar-refractivity contribution in [3.8, 4) is 0 Å². The highest BCUT2D eigenvalue weighted by molar-refractivity contribution is 6.21. The van der Waals surface area contributed by atoms with Crippen molar-refractivity contribution in [1.29, 1.82) is 0 Å². The molecular weight excluding hydrogens is 110 g/mol. The van der Waals surface area contributed by atoms with E-state index < -0.39 is 0 Å². The molecule has 0 N–H and O–H groups in total. The van der Waals surface area contributed by atoms with Crippen molar-refractivity contribution in [2.24, 2.45) is 4.99 Å². The van der Waals surface area contributed by atoms with Crippen LogP contribution in [0.15, 0.2) is 4.99 Å². The molecule has 0 fully saturated rings. The number of nitrogens with zero attached hydrogens (tertiary/aromatic N) is 1.